The van der Waals surface area contributed by atoms with Crippen LogP contribution in [0.1, 0.15) is 17.7 Å². The predicted octanol–water partition coefficient (Wildman–Crippen LogP) is 6.60. The van der Waals surface area contributed by atoms with Gasteiger partial charge in [0, 0.05) is 23.7 Å². The maximum Gasteiger partial charge on any atom is 0.243 e. The minimum Gasteiger partial charge on any atom is -0.356 e. The summed E-state index contributed by atoms with van der Waals surface area (Å²) >= 11 is 7.44. The molecule has 1 unspecified atom stereocenters. The molecule has 3 aromatic carbocycles. The van der Waals surface area contributed by atoms with Crippen molar-refractivity contribution in [1.29, 1.82) is 0 Å². The third kappa shape index (κ3) is 5.79. The summed E-state index contributed by atoms with van der Waals surface area (Å²) in [7, 11) is 0. The first-order chi connectivity index (χ1) is 18.4. The molecule has 0 bridgehead atoms. The molecule has 4 aromatic rings. The summed E-state index contributed by atoms with van der Waals surface area (Å²) in [5, 5.41) is 7.12. The molecule has 38 heavy (non-hydrogen) atoms. The molecule has 192 valence electrons. The highest BCUT2D eigenvalue weighted by Gasteiger charge is 2.39. The lowest BCUT2D eigenvalue weighted by atomic mass is 10.1. The number of amides is 2. The summed E-state index contributed by atoms with van der Waals surface area (Å²) in [5.41, 5.74) is 3.11. The fourth-order valence-electron chi connectivity index (χ4n) is 3.95. The molecule has 1 aromatic heterocycles. The Hall–Kier alpha value is -3.95. The number of anilines is 1. The molecular formula is C28H22ClFN4O3S. The van der Waals surface area contributed by atoms with Crippen LogP contribution in [0.25, 0.3) is 11.3 Å². The van der Waals surface area contributed by atoms with E-state index in [1.165, 1.54) is 17.0 Å². The summed E-state index contributed by atoms with van der Waals surface area (Å²) in [5.74, 6) is -0.572. The molecule has 1 atom stereocenters. The first-order valence-corrected chi connectivity index (χ1v) is 13.0. The molecule has 1 saturated heterocycles. The lowest BCUT2D eigenvalue weighted by Gasteiger charge is -2.15. The molecule has 0 saturated carbocycles. The molecule has 7 nitrogen and oxygen atoms in total. The van der Waals surface area contributed by atoms with Gasteiger partial charge in [0.05, 0.1) is 17.3 Å². The molecule has 2 amide bonds. The van der Waals surface area contributed by atoms with Gasteiger partial charge in [0.1, 0.15) is 16.8 Å². The number of hydrogen-bond acceptors (Lipinski definition) is 6. The van der Waals surface area contributed by atoms with Gasteiger partial charge in [-0.25, -0.2) is 9.38 Å². The minimum atomic E-state index is -0.707. The van der Waals surface area contributed by atoms with Gasteiger partial charge in [0.25, 0.3) is 0 Å². The second-order valence-electron chi connectivity index (χ2n) is 8.63. The third-order valence-corrected chi connectivity index (χ3v) is 7.37. The standard InChI is InChI=1S/C28H22ClFN4O3S/c1-17-7-2-5-12-23(17)32-26(35)15-25-27(36)34(28(38-25)31-19-9-6-8-18(30)13-19)16-20-14-24(37-33-20)21-10-3-4-11-22(21)29/h2-14,25H,15-16H2,1H3,(H,32,35). The SMILES string of the molecule is Cc1ccccc1NC(=O)CC1SC(=Nc2cccc(F)c2)N(Cc2cc(-c3ccccc3Cl)on2)C1=O. The van der Waals surface area contributed by atoms with Crippen LogP contribution in [0.15, 0.2) is 88.4 Å². The molecule has 0 radical (unpaired) electrons. The van der Waals surface area contributed by atoms with E-state index in [-0.39, 0.29) is 24.8 Å². The zero-order valence-electron chi connectivity index (χ0n) is 20.2. The Bertz CT molecular complexity index is 1540. The van der Waals surface area contributed by atoms with Crippen molar-refractivity contribution in [1.82, 2.24) is 10.1 Å². The van der Waals surface area contributed by atoms with E-state index in [2.05, 4.69) is 15.5 Å². The summed E-state index contributed by atoms with van der Waals surface area (Å²) in [4.78, 5) is 32.2. The van der Waals surface area contributed by atoms with E-state index in [0.717, 1.165) is 17.3 Å². The Labute approximate surface area is 227 Å². The van der Waals surface area contributed by atoms with Gasteiger partial charge >= 0.3 is 0 Å². The number of halogens is 2. The zero-order chi connectivity index (χ0) is 26.6. The average molecular weight is 549 g/mol. The van der Waals surface area contributed by atoms with E-state index >= 15 is 0 Å². The number of nitrogens with one attached hydrogen (secondary N) is 1. The van der Waals surface area contributed by atoms with Crippen LogP contribution in [0.3, 0.4) is 0 Å². The van der Waals surface area contributed by atoms with Crippen LogP contribution in [0.4, 0.5) is 15.8 Å². The number of aryl methyl sites for hydroxylation is 1. The molecule has 1 aliphatic rings. The van der Waals surface area contributed by atoms with Gasteiger partial charge in [-0.1, -0.05) is 64.9 Å². The van der Waals surface area contributed by atoms with Gasteiger partial charge in [-0.3, -0.25) is 14.5 Å². The molecule has 1 fully saturated rings. The average Bonchev–Trinajstić information content (AvgIpc) is 3.46. The first-order valence-electron chi connectivity index (χ1n) is 11.8. The van der Waals surface area contributed by atoms with E-state index in [1.54, 1.807) is 30.3 Å². The number of amidine groups is 1. The summed E-state index contributed by atoms with van der Waals surface area (Å²) in [6.45, 7) is 1.95. The molecule has 0 aliphatic carbocycles. The van der Waals surface area contributed by atoms with Crippen LogP contribution in [0.2, 0.25) is 5.02 Å². The van der Waals surface area contributed by atoms with Crippen molar-refractivity contribution >= 4 is 51.7 Å². The molecular weight excluding hydrogens is 527 g/mol. The third-order valence-electron chi connectivity index (χ3n) is 5.86. The van der Waals surface area contributed by atoms with Gasteiger partial charge in [-0.15, -0.1) is 0 Å². The van der Waals surface area contributed by atoms with Crippen LogP contribution in [-0.4, -0.2) is 32.3 Å². The van der Waals surface area contributed by atoms with Crippen molar-refractivity contribution in [2.24, 2.45) is 4.99 Å². The van der Waals surface area contributed by atoms with E-state index in [4.69, 9.17) is 16.1 Å². The second kappa shape index (κ2) is 11.2. The maximum atomic E-state index is 13.8. The molecule has 2 heterocycles. The molecule has 10 heteroatoms. The quantitative estimate of drug-likeness (QED) is 0.281. The Morgan fingerprint density at radius 1 is 1.13 bits per heavy atom. The Morgan fingerprint density at radius 3 is 2.71 bits per heavy atom. The lowest BCUT2D eigenvalue weighted by molar-refractivity contribution is -0.128. The number of nitrogens with zero attached hydrogens (tertiary/aromatic N) is 3. The normalized spacial score (nSPS) is 16.3. The van der Waals surface area contributed by atoms with Gasteiger partial charge in [0.2, 0.25) is 11.8 Å². The van der Waals surface area contributed by atoms with E-state index in [1.807, 2.05) is 43.3 Å². The topological polar surface area (TPSA) is 87.8 Å². The van der Waals surface area contributed by atoms with Gasteiger partial charge in [-0.2, -0.15) is 0 Å². The highest BCUT2D eigenvalue weighted by molar-refractivity contribution is 8.15. The van der Waals surface area contributed by atoms with Crippen LogP contribution < -0.4 is 5.32 Å². The van der Waals surface area contributed by atoms with Gasteiger partial charge in [-0.05, 0) is 48.9 Å². The molecule has 0 spiro atoms. The van der Waals surface area contributed by atoms with Crippen molar-refractivity contribution in [3.05, 3.63) is 101 Å². The van der Waals surface area contributed by atoms with E-state index in [0.29, 0.717) is 38.6 Å². The number of carbonyl (C=O) groups excluding carboxylic acids is 2. The largest absolute Gasteiger partial charge is 0.356 e. The van der Waals surface area contributed by atoms with Crippen molar-refractivity contribution in [3.63, 3.8) is 0 Å². The van der Waals surface area contributed by atoms with Crippen LogP contribution in [-0.2, 0) is 16.1 Å². The number of hydrogen-bond donors (Lipinski definition) is 1. The summed E-state index contributed by atoms with van der Waals surface area (Å²) in [6, 6.07) is 22.1. The zero-order valence-corrected chi connectivity index (χ0v) is 21.8. The smallest absolute Gasteiger partial charge is 0.243 e. The highest BCUT2D eigenvalue weighted by atomic mass is 35.5. The molecule has 5 rings (SSSR count). The number of thioether (sulfide) groups is 1. The summed E-state index contributed by atoms with van der Waals surface area (Å²) in [6.07, 6.45) is -0.0554. The summed E-state index contributed by atoms with van der Waals surface area (Å²) < 4.78 is 19.3. The number of benzene rings is 3. The fourth-order valence-corrected chi connectivity index (χ4v) is 5.33. The van der Waals surface area contributed by atoms with Gasteiger partial charge in [0.15, 0.2) is 10.9 Å². The Morgan fingerprint density at radius 2 is 1.92 bits per heavy atom. The maximum absolute atomic E-state index is 13.8. The van der Waals surface area contributed by atoms with Gasteiger partial charge < -0.3 is 9.84 Å². The monoisotopic (exact) mass is 548 g/mol. The van der Waals surface area contributed by atoms with Crippen molar-refractivity contribution in [2.75, 3.05) is 5.32 Å². The number of aromatic nitrogens is 1. The predicted molar refractivity (Wildman–Crippen MR) is 147 cm³/mol. The number of aliphatic imine (C=N–C) groups is 1. The van der Waals surface area contributed by atoms with Crippen LogP contribution >= 0.6 is 23.4 Å². The first kappa shape index (κ1) is 25.7. The number of rotatable bonds is 7. The minimum absolute atomic E-state index is 0.0554. The van der Waals surface area contributed by atoms with Crippen molar-refractivity contribution in [3.8, 4) is 11.3 Å². The van der Waals surface area contributed by atoms with Crippen LogP contribution in [0.5, 0.6) is 0 Å². The Kier molecular flexibility index (Phi) is 7.57. The van der Waals surface area contributed by atoms with Crippen molar-refractivity contribution in [2.45, 2.75) is 25.1 Å². The number of para-hydroxylation sites is 1. The Balaban J connectivity index is 1.39. The molecule has 1 aliphatic heterocycles. The van der Waals surface area contributed by atoms with Crippen LogP contribution in [0, 0.1) is 12.7 Å². The van der Waals surface area contributed by atoms with E-state index in [9.17, 15) is 14.0 Å². The lowest BCUT2D eigenvalue weighted by Crippen LogP contribution is -2.33. The fraction of sp³-hybridized carbons (Fsp3) is 0.143. The van der Waals surface area contributed by atoms with Crippen molar-refractivity contribution < 1.29 is 18.5 Å². The second-order valence-corrected chi connectivity index (χ2v) is 10.2. The van der Waals surface area contributed by atoms with E-state index < -0.39 is 11.1 Å². The highest BCUT2D eigenvalue weighted by Crippen LogP contribution is 2.34. The number of carbonyl (C=O) groups is 2. The molecule has 1 N–H and O–H groups in total.